The van der Waals surface area contributed by atoms with Crippen LogP contribution in [0.3, 0.4) is 0 Å². The van der Waals surface area contributed by atoms with Gasteiger partial charge in [0.15, 0.2) is 0 Å². The number of carbonyl (C=O) groups is 1. The van der Waals surface area contributed by atoms with E-state index >= 15 is 0 Å². The number of aryl methyl sites for hydroxylation is 1. The van der Waals surface area contributed by atoms with Crippen molar-refractivity contribution in [3.8, 4) is 0 Å². The summed E-state index contributed by atoms with van der Waals surface area (Å²) in [7, 11) is 1.76. The summed E-state index contributed by atoms with van der Waals surface area (Å²) in [4.78, 5) is 33.6. The lowest BCUT2D eigenvalue weighted by Crippen LogP contribution is -2.47. The number of hydrogen-bond donors (Lipinski definition) is 0. The summed E-state index contributed by atoms with van der Waals surface area (Å²) in [5.41, 5.74) is 2.86. The van der Waals surface area contributed by atoms with Gasteiger partial charge in [-0.15, -0.1) is 0 Å². The Bertz CT molecular complexity index is 1430. The van der Waals surface area contributed by atoms with Crippen molar-refractivity contribution < 1.29 is 9.18 Å². The number of thiocarbonyl (C=S) groups is 1. The van der Waals surface area contributed by atoms with Crippen molar-refractivity contribution >= 4 is 56.9 Å². The molecule has 0 radical (unpaired) electrons. The van der Waals surface area contributed by atoms with E-state index in [2.05, 4.69) is 16.7 Å². The summed E-state index contributed by atoms with van der Waals surface area (Å²) < 4.78 is 15.4. The van der Waals surface area contributed by atoms with E-state index < -0.39 is 0 Å². The fraction of sp³-hybridized carbons (Fsp3) is 0.296. The summed E-state index contributed by atoms with van der Waals surface area (Å²) in [6.45, 7) is 6.84. The number of benzene rings is 2. The lowest BCUT2D eigenvalue weighted by molar-refractivity contribution is -0.122. The van der Waals surface area contributed by atoms with Gasteiger partial charge >= 0.3 is 0 Å². The highest BCUT2D eigenvalue weighted by Crippen LogP contribution is 2.37. The van der Waals surface area contributed by atoms with Crippen molar-refractivity contribution in [1.29, 1.82) is 0 Å². The molecule has 0 unspecified atom stereocenters. The third kappa shape index (κ3) is 4.58. The van der Waals surface area contributed by atoms with Gasteiger partial charge < -0.3 is 14.4 Å². The first-order valence-corrected chi connectivity index (χ1v) is 13.2. The molecule has 3 aromatic rings. The maximum Gasteiger partial charge on any atom is 0.266 e. The van der Waals surface area contributed by atoms with E-state index in [9.17, 15) is 14.0 Å². The fourth-order valence-electron chi connectivity index (χ4n) is 4.80. The number of pyridine rings is 1. The molecule has 6 nitrogen and oxygen atoms in total. The van der Waals surface area contributed by atoms with Crippen LogP contribution in [-0.2, 0) is 18.4 Å². The normalized spacial score (nSPS) is 18.1. The van der Waals surface area contributed by atoms with Gasteiger partial charge in [0.05, 0.1) is 28.2 Å². The van der Waals surface area contributed by atoms with E-state index in [0.29, 0.717) is 14.8 Å². The second-order valence-electron chi connectivity index (χ2n) is 8.96. The van der Waals surface area contributed by atoms with Gasteiger partial charge in [0.1, 0.15) is 10.1 Å². The molecule has 3 heterocycles. The predicted molar refractivity (Wildman–Crippen MR) is 149 cm³/mol. The van der Waals surface area contributed by atoms with Crippen LogP contribution in [0, 0.1) is 5.82 Å². The number of amides is 1. The van der Waals surface area contributed by atoms with Crippen LogP contribution in [0.4, 0.5) is 10.1 Å². The Morgan fingerprint density at radius 2 is 1.72 bits per heavy atom. The van der Waals surface area contributed by atoms with Crippen molar-refractivity contribution in [3.63, 3.8) is 0 Å². The number of para-hydroxylation sites is 1. The Kier molecular flexibility index (Phi) is 6.96. The fourth-order valence-corrected chi connectivity index (χ4v) is 6.04. The summed E-state index contributed by atoms with van der Waals surface area (Å²) in [5.74, 6) is -0.574. The Morgan fingerprint density at radius 1 is 1.03 bits per heavy atom. The van der Waals surface area contributed by atoms with Crippen LogP contribution in [-0.4, -0.2) is 57.3 Å². The number of piperazine rings is 1. The first-order chi connectivity index (χ1) is 17.4. The van der Waals surface area contributed by atoms with E-state index in [1.165, 1.54) is 28.8 Å². The van der Waals surface area contributed by atoms with Crippen molar-refractivity contribution in [3.05, 3.63) is 80.7 Å². The Morgan fingerprint density at radius 3 is 2.42 bits per heavy atom. The van der Waals surface area contributed by atoms with Gasteiger partial charge in [-0.2, -0.15) is 0 Å². The zero-order valence-corrected chi connectivity index (χ0v) is 21.9. The largest absolute Gasteiger partial charge is 0.368 e. The highest BCUT2D eigenvalue weighted by atomic mass is 32.2. The number of anilines is 1. The van der Waals surface area contributed by atoms with E-state index in [4.69, 9.17) is 12.2 Å². The number of thioether (sulfide) groups is 1. The standard InChI is InChI=1S/C27H27FN4O2S2/c1-3-30-12-14-31(15-13-30)24-20-6-4-5-7-22(20)29(2)25(33)21(24)16-23-26(34)32(27(35)36-23)17-18-8-10-19(28)11-9-18/h4-11,16H,3,12-15,17H2,1-2H3. The SMILES string of the molecule is CCN1CCN(c2c(C=C3SC(=S)N(Cc4ccc(F)cc4)C3=O)c(=O)n(C)c3ccccc23)CC1. The van der Waals surface area contributed by atoms with Gasteiger partial charge in [0.2, 0.25) is 0 Å². The molecule has 1 aromatic heterocycles. The molecular formula is C27H27FN4O2S2. The van der Waals surface area contributed by atoms with Crippen molar-refractivity contribution in [2.75, 3.05) is 37.6 Å². The topological polar surface area (TPSA) is 48.8 Å². The zero-order chi connectivity index (χ0) is 25.4. The molecule has 36 heavy (non-hydrogen) atoms. The minimum atomic E-state index is -0.330. The quantitative estimate of drug-likeness (QED) is 0.370. The Balaban J connectivity index is 1.57. The van der Waals surface area contributed by atoms with Gasteiger partial charge in [0, 0.05) is 38.6 Å². The van der Waals surface area contributed by atoms with E-state index in [-0.39, 0.29) is 23.8 Å². The third-order valence-electron chi connectivity index (χ3n) is 6.85. The van der Waals surface area contributed by atoms with Gasteiger partial charge in [-0.3, -0.25) is 14.5 Å². The van der Waals surface area contributed by atoms with Crippen molar-refractivity contribution in [2.24, 2.45) is 7.05 Å². The van der Waals surface area contributed by atoms with Gasteiger partial charge in [-0.05, 0) is 36.4 Å². The number of halogens is 1. The van der Waals surface area contributed by atoms with Crippen LogP contribution in [0.25, 0.3) is 17.0 Å². The minimum Gasteiger partial charge on any atom is -0.368 e. The van der Waals surface area contributed by atoms with Crippen molar-refractivity contribution in [1.82, 2.24) is 14.4 Å². The maximum absolute atomic E-state index is 13.6. The first-order valence-electron chi connectivity index (χ1n) is 12.0. The zero-order valence-electron chi connectivity index (χ0n) is 20.2. The van der Waals surface area contributed by atoms with Crippen LogP contribution in [0.5, 0.6) is 0 Å². The molecular weight excluding hydrogens is 495 g/mol. The van der Waals surface area contributed by atoms with E-state index in [1.54, 1.807) is 29.8 Å². The smallest absolute Gasteiger partial charge is 0.266 e. The molecule has 186 valence electrons. The summed E-state index contributed by atoms with van der Waals surface area (Å²) in [5, 5.41) is 0.984. The molecule has 2 aliphatic rings. The van der Waals surface area contributed by atoms with Gasteiger partial charge in [-0.1, -0.05) is 61.2 Å². The number of fused-ring (bicyclic) bond motifs is 1. The second-order valence-corrected chi connectivity index (χ2v) is 10.6. The second kappa shape index (κ2) is 10.2. The van der Waals surface area contributed by atoms with E-state index in [1.807, 2.05) is 24.3 Å². The highest BCUT2D eigenvalue weighted by molar-refractivity contribution is 8.26. The number of aromatic nitrogens is 1. The summed E-state index contributed by atoms with van der Waals surface area (Å²) >= 11 is 6.71. The van der Waals surface area contributed by atoms with Crippen molar-refractivity contribution in [2.45, 2.75) is 13.5 Å². The number of nitrogens with zero attached hydrogens (tertiary/aromatic N) is 4. The molecule has 0 aliphatic carbocycles. The molecule has 0 atom stereocenters. The van der Waals surface area contributed by atoms with Crippen LogP contribution >= 0.6 is 24.0 Å². The average molecular weight is 523 g/mol. The number of hydrogen-bond acceptors (Lipinski definition) is 6. The molecule has 5 rings (SSSR count). The lowest BCUT2D eigenvalue weighted by Gasteiger charge is -2.37. The van der Waals surface area contributed by atoms with Crippen LogP contribution in [0.1, 0.15) is 18.1 Å². The molecule has 0 saturated carbocycles. The Labute approximate surface area is 219 Å². The maximum atomic E-state index is 13.6. The molecule has 0 spiro atoms. The molecule has 2 fully saturated rings. The molecule has 2 aromatic carbocycles. The van der Waals surface area contributed by atoms with Gasteiger partial charge in [-0.25, -0.2) is 4.39 Å². The molecule has 0 bridgehead atoms. The molecule has 1 amide bonds. The van der Waals surface area contributed by atoms with E-state index in [0.717, 1.165) is 54.9 Å². The van der Waals surface area contributed by atoms with Gasteiger partial charge in [0.25, 0.3) is 11.5 Å². The van der Waals surface area contributed by atoms with Crippen LogP contribution < -0.4 is 10.5 Å². The monoisotopic (exact) mass is 522 g/mol. The highest BCUT2D eigenvalue weighted by Gasteiger charge is 2.33. The average Bonchev–Trinajstić information content (AvgIpc) is 3.16. The first kappa shape index (κ1) is 24.7. The number of likely N-dealkylation sites (N-methyl/N-ethyl adjacent to an activating group) is 1. The Hall–Kier alpha value is -3.01. The molecule has 2 saturated heterocycles. The minimum absolute atomic E-state index is 0.148. The number of carbonyl (C=O) groups excluding carboxylic acids is 1. The number of rotatable bonds is 5. The summed E-state index contributed by atoms with van der Waals surface area (Å²) in [6, 6.07) is 13.9. The van der Waals surface area contributed by atoms with Crippen LogP contribution in [0.15, 0.2) is 58.2 Å². The molecule has 9 heteroatoms. The summed E-state index contributed by atoms with van der Waals surface area (Å²) in [6.07, 6.45) is 1.71. The predicted octanol–water partition coefficient (Wildman–Crippen LogP) is 4.22. The van der Waals surface area contributed by atoms with Crippen LogP contribution in [0.2, 0.25) is 0 Å². The lowest BCUT2D eigenvalue weighted by atomic mass is 10.1. The molecule has 0 N–H and O–H groups in total. The molecule has 2 aliphatic heterocycles. The third-order valence-corrected chi connectivity index (χ3v) is 8.23.